The molecule has 0 aromatic heterocycles. The largest absolute Gasteiger partial charge is 0.466 e. The van der Waals surface area contributed by atoms with E-state index < -0.39 is 0 Å². The van der Waals surface area contributed by atoms with Crippen LogP contribution in [0, 0.1) is 11.8 Å². The second-order valence-corrected chi connectivity index (χ2v) is 9.92. The van der Waals surface area contributed by atoms with E-state index in [1.807, 2.05) is 0 Å². The highest BCUT2D eigenvalue weighted by atomic mass is 16.5. The first-order valence-electron chi connectivity index (χ1n) is 13.6. The van der Waals surface area contributed by atoms with Gasteiger partial charge in [0, 0.05) is 19.6 Å². The molecule has 2 aliphatic carbocycles. The van der Waals surface area contributed by atoms with Crippen molar-refractivity contribution in [2.45, 2.75) is 121 Å². The van der Waals surface area contributed by atoms with Gasteiger partial charge in [0.05, 0.1) is 18.7 Å². The van der Waals surface area contributed by atoms with E-state index in [1.54, 1.807) is 12.2 Å². The Morgan fingerprint density at radius 1 is 0.714 bits per heavy atom. The fourth-order valence-electron chi connectivity index (χ4n) is 5.02. The van der Waals surface area contributed by atoms with Crippen molar-refractivity contribution >= 4 is 18.1 Å². The third-order valence-electron chi connectivity index (χ3n) is 7.12. The van der Waals surface area contributed by atoms with Crippen LogP contribution in [-0.2, 0) is 19.1 Å². The number of carbonyl (C=O) groups is 1. The number of carbonyl (C=O) groups excluding carboxylic acids is 3. The highest BCUT2D eigenvalue weighted by Crippen LogP contribution is 2.36. The molecule has 3 fully saturated rings. The summed E-state index contributed by atoms with van der Waals surface area (Å²) in [7, 11) is 0. The number of hydrogen-bond donors (Lipinski definition) is 2. The maximum Gasteiger partial charge on any atom is 0.305 e. The predicted octanol–water partition coefficient (Wildman–Crippen LogP) is 4.80. The van der Waals surface area contributed by atoms with Gasteiger partial charge in [-0.3, -0.25) is 4.79 Å². The van der Waals surface area contributed by atoms with Crippen LogP contribution in [0.3, 0.4) is 0 Å². The van der Waals surface area contributed by atoms with E-state index in [2.05, 4.69) is 9.98 Å². The van der Waals surface area contributed by atoms with E-state index in [0.717, 1.165) is 82.5 Å². The van der Waals surface area contributed by atoms with Gasteiger partial charge in [-0.2, -0.15) is 0 Å². The monoisotopic (exact) mass is 494 g/mol. The van der Waals surface area contributed by atoms with E-state index in [9.17, 15) is 14.4 Å². The lowest BCUT2D eigenvalue weighted by Gasteiger charge is -2.31. The van der Waals surface area contributed by atoms with Crippen molar-refractivity contribution in [3.8, 4) is 0 Å². The summed E-state index contributed by atoms with van der Waals surface area (Å²) in [6.07, 6.45) is 21.3. The Morgan fingerprint density at radius 3 is 1.63 bits per heavy atom. The van der Waals surface area contributed by atoms with Crippen molar-refractivity contribution in [2.75, 3.05) is 19.8 Å². The number of esters is 1. The van der Waals surface area contributed by atoms with E-state index in [4.69, 9.17) is 14.9 Å². The number of rotatable bonds is 9. The number of aliphatic hydroxyl groups is 2. The Balaban J connectivity index is 0.000000316. The van der Waals surface area contributed by atoms with Gasteiger partial charge in [0.25, 0.3) is 0 Å². The molecule has 3 rings (SSSR count). The third kappa shape index (κ3) is 16.4. The second-order valence-electron chi connectivity index (χ2n) is 9.92. The Labute approximate surface area is 210 Å². The number of cyclic esters (lactones) is 1. The molecule has 0 aromatic rings. The smallest absolute Gasteiger partial charge is 0.305 e. The van der Waals surface area contributed by atoms with Gasteiger partial charge in [0.1, 0.15) is 0 Å². The van der Waals surface area contributed by atoms with E-state index in [1.165, 1.54) is 32.1 Å². The van der Waals surface area contributed by atoms with Crippen LogP contribution < -0.4 is 0 Å². The summed E-state index contributed by atoms with van der Waals surface area (Å²) in [5, 5.41) is 16.6. The normalized spacial score (nSPS) is 26.2. The SMILES string of the molecule is O=C1CCCCCO1.O=C=NC1CCC(CC2CCC(N=C=O)CC2)CC1.OCCCCCCO. The standard InChI is InChI=1S/C15H22N2O2.C6H10O2.C6H14O2/c18-10-16-14-5-1-12(2-6-14)9-13-3-7-15(8-4-13)17-11-19;7-6-4-2-1-3-5-8-6;7-5-3-1-2-4-6-8/h12-15H,1-9H2;1-5H2;7-8H,1-6H2. The van der Waals surface area contributed by atoms with E-state index in [-0.39, 0.29) is 31.3 Å². The van der Waals surface area contributed by atoms with Crippen LogP contribution in [0.1, 0.15) is 109 Å². The van der Waals surface area contributed by atoms with Gasteiger partial charge in [-0.25, -0.2) is 19.6 Å². The molecule has 0 radical (unpaired) electrons. The highest BCUT2D eigenvalue weighted by molar-refractivity contribution is 5.69. The number of ether oxygens (including phenoxy) is 1. The summed E-state index contributed by atoms with van der Waals surface area (Å²) in [5.74, 6) is 1.57. The average molecular weight is 495 g/mol. The Bertz CT molecular complexity index is 578. The highest BCUT2D eigenvalue weighted by Gasteiger charge is 2.26. The molecule has 0 aromatic carbocycles. The van der Waals surface area contributed by atoms with Crippen LogP contribution in [0.25, 0.3) is 0 Å². The average Bonchev–Trinajstić information content (AvgIpc) is 3.13. The molecule has 1 aliphatic heterocycles. The van der Waals surface area contributed by atoms with Gasteiger partial charge in [0.2, 0.25) is 12.2 Å². The van der Waals surface area contributed by atoms with Crippen LogP contribution in [0.4, 0.5) is 0 Å². The van der Waals surface area contributed by atoms with E-state index in [0.29, 0.717) is 13.0 Å². The van der Waals surface area contributed by atoms with Crippen molar-refractivity contribution < 1.29 is 29.3 Å². The number of hydrogen-bond acceptors (Lipinski definition) is 8. The summed E-state index contributed by atoms with van der Waals surface area (Å²) < 4.78 is 4.76. The minimum atomic E-state index is -0.0255. The number of isocyanates is 2. The Morgan fingerprint density at radius 2 is 1.20 bits per heavy atom. The molecule has 200 valence electrons. The van der Waals surface area contributed by atoms with Gasteiger partial charge in [0.15, 0.2) is 0 Å². The molecule has 8 nitrogen and oxygen atoms in total. The minimum absolute atomic E-state index is 0.0255. The summed E-state index contributed by atoms with van der Waals surface area (Å²) in [6.45, 7) is 1.20. The van der Waals surface area contributed by atoms with Gasteiger partial charge in [-0.05, 0) is 102 Å². The van der Waals surface area contributed by atoms with Crippen LogP contribution >= 0.6 is 0 Å². The number of nitrogens with zero attached hydrogens (tertiary/aromatic N) is 2. The molecule has 2 N–H and O–H groups in total. The molecular formula is C27H46N2O6. The van der Waals surface area contributed by atoms with Crippen LogP contribution in [0.5, 0.6) is 0 Å². The van der Waals surface area contributed by atoms with Crippen molar-refractivity contribution in [2.24, 2.45) is 21.8 Å². The molecule has 8 heteroatoms. The molecule has 3 aliphatic rings. The van der Waals surface area contributed by atoms with Gasteiger partial charge >= 0.3 is 5.97 Å². The number of unbranched alkanes of at least 4 members (excludes halogenated alkanes) is 3. The fourth-order valence-corrected chi connectivity index (χ4v) is 5.02. The zero-order chi connectivity index (χ0) is 25.6. The first kappa shape index (κ1) is 31.2. The van der Waals surface area contributed by atoms with Crippen LogP contribution in [0.2, 0.25) is 0 Å². The van der Waals surface area contributed by atoms with Crippen molar-refractivity contribution in [3.05, 3.63) is 0 Å². The Hall–Kier alpha value is -1.85. The molecule has 35 heavy (non-hydrogen) atoms. The van der Waals surface area contributed by atoms with Crippen molar-refractivity contribution in [3.63, 3.8) is 0 Å². The van der Waals surface area contributed by atoms with Gasteiger partial charge < -0.3 is 14.9 Å². The molecule has 0 bridgehead atoms. The topological polar surface area (TPSA) is 126 Å². The Kier molecular flexibility index (Phi) is 19.1. The van der Waals surface area contributed by atoms with E-state index >= 15 is 0 Å². The van der Waals surface area contributed by atoms with Gasteiger partial charge in [-0.1, -0.05) is 12.8 Å². The minimum Gasteiger partial charge on any atom is -0.466 e. The lowest BCUT2D eigenvalue weighted by molar-refractivity contribution is -0.142. The molecule has 1 heterocycles. The lowest BCUT2D eigenvalue weighted by atomic mass is 9.76. The summed E-state index contributed by atoms with van der Waals surface area (Å²) in [5.41, 5.74) is 0. The predicted molar refractivity (Wildman–Crippen MR) is 134 cm³/mol. The summed E-state index contributed by atoms with van der Waals surface area (Å²) in [6, 6.07) is 0.456. The zero-order valence-corrected chi connectivity index (χ0v) is 21.4. The molecule has 2 saturated carbocycles. The molecule has 0 atom stereocenters. The summed E-state index contributed by atoms with van der Waals surface area (Å²) >= 11 is 0. The molecule has 0 spiro atoms. The van der Waals surface area contributed by atoms with Crippen molar-refractivity contribution in [1.29, 1.82) is 0 Å². The quantitative estimate of drug-likeness (QED) is 0.205. The molecule has 0 amide bonds. The first-order chi connectivity index (χ1) is 17.1. The van der Waals surface area contributed by atoms with Crippen LogP contribution in [-0.4, -0.2) is 60.2 Å². The summed E-state index contributed by atoms with van der Waals surface area (Å²) in [4.78, 5) is 38.6. The maximum absolute atomic E-state index is 10.5. The molecule has 0 unspecified atom stereocenters. The number of aliphatic hydroxyl groups excluding tert-OH is 2. The van der Waals surface area contributed by atoms with Gasteiger partial charge in [-0.15, -0.1) is 0 Å². The first-order valence-corrected chi connectivity index (χ1v) is 13.6. The maximum atomic E-state index is 10.5. The fraction of sp³-hybridized carbons (Fsp3) is 0.889. The molecule has 1 saturated heterocycles. The van der Waals surface area contributed by atoms with Crippen LogP contribution in [0.15, 0.2) is 9.98 Å². The third-order valence-corrected chi connectivity index (χ3v) is 7.12. The molecular weight excluding hydrogens is 448 g/mol. The number of aliphatic imine (C=N–C) groups is 2. The zero-order valence-electron chi connectivity index (χ0n) is 21.4. The lowest BCUT2D eigenvalue weighted by Crippen LogP contribution is -2.23. The van der Waals surface area contributed by atoms with Crippen molar-refractivity contribution in [1.82, 2.24) is 0 Å². The second kappa shape index (κ2) is 21.4.